The maximum absolute atomic E-state index is 13.5. The van der Waals surface area contributed by atoms with E-state index in [2.05, 4.69) is 35.9 Å². The fourth-order valence-corrected chi connectivity index (χ4v) is 16.2. The maximum atomic E-state index is 13.5. The minimum absolute atomic E-state index is 0.00312. The monoisotopic (exact) mass is 1820 g/mol. The van der Waals surface area contributed by atoms with Crippen molar-refractivity contribution in [3.63, 3.8) is 0 Å². The van der Waals surface area contributed by atoms with Crippen molar-refractivity contribution in [2.45, 2.75) is 75.5 Å². The molecule has 3 aliphatic heterocycles. The predicted molar refractivity (Wildman–Crippen MR) is 480 cm³/mol. The van der Waals surface area contributed by atoms with E-state index in [9.17, 15) is 44.1 Å². The number of aromatic amines is 3. The van der Waals surface area contributed by atoms with Gasteiger partial charge in [0.25, 0.3) is 5.91 Å². The minimum atomic E-state index is -0.924. The number of rotatable bonds is 24. The van der Waals surface area contributed by atoms with E-state index in [-0.39, 0.29) is 63.8 Å². The second-order valence-electron chi connectivity index (χ2n) is 30.3. The van der Waals surface area contributed by atoms with Crippen LogP contribution in [0.1, 0.15) is 98.7 Å². The Hall–Kier alpha value is -12.2. The highest BCUT2D eigenvalue weighted by Crippen LogP contribution is 2.45. The molecule has 1 saturated carbocycles. The zero-order valence-corrected chi connectivity index (χ0v) is 72.3. The van der Waals surface area contributed by atoms with E-state index in [0.29, 0.717) is 109 Å². The number of hydrogen-bond acceptors (Lipinski definition) is 17. The van der Waals surface area contributed by atoms with Crippen molar-refractivity contribution in [3.8, 4) is 34.5 Å². The lowest BCUT2D eigenvalue weighted by Crippen LogP contribution is -2.42. The van der Waals surface area contributed by atoms with Gasteiger partial charge in [0.05, 0.1) is 18.7 Å². The Labute approximate surface area is 753 Å². The Balaban J connectivity index is 0.000000146. The molecule has 17 rings (SSSR count). The van der Waals surface area contributed by atoms with Gasteiger partial charge in [0.15, 0.2) is 0 Å². The number of benzene rings is 9. The van der Waals surface area contributed by atoms with Crippen LogP contribution in [0.3, 0.4) is 0 Å². The van der Waals surface area contributed by atoms with E-state index in [1.165, 1.54) is 6.20 Å². The number of fused-ring (bicyclic) bond motifs is 9. The summed E-state index contributed by atoms with van der Waals surface area (Å²) in [4.78, 5) is 95.4. The molecule has 1 fully saturated rings. The van der Waals surface area contributed by atoms with Gasteiger partial charge in [0.2, 0.25) is 5.91 Å². The number of alkyl carbamates (subject to hydrolysis) is 1. The number of nitrogens with zero attached hydrogens (tertiary/aromatic N) is 4. The first-order chi connectivity index (χ1) is 61.0. The Morgan fingerprint density at radius 2 is 0.746 bits per heavy atom. The number of ether oxygens (including phenoxy) is 7. The van der Waals surface area contributed by atoms with Crippen LogP contribution < -0.4 is 44.4 Å². The van der Waals surface area contributed by atoms with Crippen molar-refractivity contribution >= 4 is 139 Å². The minimum Gasteiger partial charge on any atom is -0.491 e. The Morgan fingerprint density at radius 3 is 1.07 bits per heavy atom. The van der Waals surface area contributed by atoms with E-state index in [4.69, 9.17) is 103 Å². The molecule has 0 radical (unpaired) electrons. The van der Waals surface area contributed by atoms with Crippen LogP contribution >= 0.6 is 69.6 Å². The summed E-state index contributed by atoms with van der Waals surface area (Å²) in [5.41, 5.74) is 11.7. The smallest absolute Gasteiger partial charge is 0.416 e. The number of amides is 6. The third-order valence-electron chi connectivity index (χ3n) is 21.6. The van der Waals surface area contributed by atoms with Gasteiger partial charge in [-0.15, -0.1) is 0 Å². The zero-order valence-electron chi connectivity index (χ0n) is 67.7. The Morgan fingerprint density at radius 1 is 0.421 bits per heavy atom. The van der Waals surface area contributed by atoms with Crippen LogP contribution in [-0.2, 0) is 28.8 Å². The molecule has 9 aromatic carbocycles. The number of nitrogens with one attached hydrogen (secondary N) is 6. The molecule has 9 N–H and O–H groups in total. The first-order valence-electron chi connectivity index (χ1n) is 40.7. The molecule has 4 aromatic heterocycles. The number of halogens is 6. The first kappa shape index (κ1) is 88.6. The van der Waals surface area contributed by atoms with Gasteiger partial charge in [-0.2, -0.15) is 0 Å². The van der Waals surface area contributed by atoms with E-state index in [1.54, 1.807) is 149 Å². The lowest BCUT2D eigenvalue weighted by molar-refractivity contribution is -0.122. The van der Waals surface area contributed by atoms with Crippen molar-refractivity contribution in [1.82, 2.24) is 50.6 Å². The molecule has 13 aromatic rings. The lowest BCUT2D eigenvalue weighted by Gasteiger charge is -2.35. The standard InChI is InChI=1S/C33H28Cl2N4O5.C31H29Cl2N3O5.C30H29Cl2N3O6/c34-22-5-10-26(11-6-22)44-33(42)39-15-13-27-28-16-23(35)7-12-29(28)38-30(27)31(39)20-3-8-25(9-4-20)43-19-24(40)18-37-32(41)21-2-1-14-36-17-21;32-20-5-10-24(11-6-20)41-31(39)36-14-13-25-26-15-21(33)7-12-27(26)35-28(25)29(36)18-3-8-23(9-4-18)40-17-22(37)16-34-30(38)19-1-2-19;1-2-39-29(37)33-16-21(36)17-40-22-8-3-18(4-9-22)28-27-24(25-15-20(32)7-12-26(25)34-27)13-14-35(28)30(38)41-23-10-5-19(31)6-11-23/h1-12,14,16-17,24,31,38,40H,13,15,18-19H2,(H,37,41);3-12,15,19,22,29,35,37H,1-2,13-14,16-17H2,(H,34,38);3-12,15,21,28,34,36H,2,13-14,16-17H2,1H3,(H,33,37). The Bertz CT molecular complexity index is 6030. The molecule has 26 nitrogen and oxygen atoms in total. The van der Waals surface area contributed by atoms with Gasteiger partial charge < -0.3 is 79.4 Å². The van der Waals surface area contributed by atoms with E-state index < -0.39 is 60.8 Å². The third-order valence-corrected chi connectivity index (χ3v) is 23.0. The van der Waals surface area contributed by atoms with Crippen LogP contribution in [0.25, 0.3) is 32.7 Å². The number of hydrogen-bond donors (Lipinski definition) is 9. The molecule has 7 heterocycles. The van der Waals surface area contributed by atoms with Crippen LogP contribution in [0.5, 0.6) is 34.5 Å². The topological polar surface area (TPSA) is 334 Å². The zero-order chi connectivity index (χ0) is 88.1. The van der Waals surface area contributed by atoms with Crippen molar-refractivity contribution < 1.29 is 77.2 Å². The summed E-state index contributed by atoms with van der Waals surface area (Å²) >= 11 is 36.9. The van der Waals surface area contributed by atoms with Crippen LogP contribution in [0.2, 0.25) is 30.1 Å². The second-order valence-corrected chi connectivity index (χ2v) is 32.9. The Kier molecular flexibility index (Phi) is 28.7. The highest BCUT2D eigenvalue weighted by Gasteiger charge is 2.40. The van der Waals surface area contributed by atoms with Crippen molar-refractivity contribution in [2.24, 2.45) is 5.92 Å². The molecular weight excluding hydrogens is 1740 g/mol. The van der Waals surface area contributed by atoms with Gasteiger partial charge in [0, 0.05) is 131 Å². The van der Waals surface area contributed by atoms with Gasteiger partial charge in [-0.25, -0.2) is 19.2 Å². The molecule has 126 heavy (non-hydrogen) atoms. The molecule has 0 spiro atoms. The summed E-state index contributed by atoms with van der Waals surface area (Å²) in [6, 6.07) is 61.1. The molecular formula is C94H86Cl6N10O16. The lowest BCUT2D eigenvalue weighted by atomic mass is 9.92. The van der Waals surface area contributed by atoms with Crippen molar-refractivity contribution in [1.29, 1.82) is 0 Å². The fourth-order valence-electron chi connectivity index (χ4n) is 15.3. The number of aliphatic hydroxyl groups excluding tert-OH is 3. The highest BCUT2D eigenvalue weighted by molar-refractivity contribution is 6.33. The fraction of sp³-hybridized carbons (Fsp3) is 0.245. The number of carbonyl (C=O) groups is 6. The van der Waals surface area contributed by atoms with Crippen LogP contribution in [0, 0.1) is 5.92 Å². The maximum Gasteiger partial charge on any atom is 0.416 e. The van der Waals surface area contributed by atoms with Gasteiger partial charge >= 0.3 is 24.4 Å². The quantitative estimate of drug-likeness (QED) is 0.0271. The molecule has 0 saturated heterocycles. The van der Waals surface area contributed by atoms with E-state index in [1.807, 2.05) is 91.0 Å². The van der Waals surface area contributed by atoms with Gasteiger partial charge in [-0.05, 0) is 248 Å². The van der Waals surface area contributed by atoms with Gasteiger partial charge in [-0.3, -0.25) is 29.3 Å². The van der Waals surface area contributed by atoms with Gasteiger partial charge in [0.1, 0.15) is 90.8 Å². The molecule has 1 aliphatic carbocycles. The molecule has 32 heteroatoms. The average Bonchev–Trinajstić information content (AvgIpc) is 1.60. The molecule has 6 atom stereocenters. The first-order valence-corrected chi connectivity index (χ1v) is 43.0. The summed E-state index contributed by atoms with van der Waals surface area (Å²) in [6.45, 7) is 3.41. The van der Waals surface area contributed by atoms with Gasteiger partial charge in [-0.1, -0.05) is 106 Å². The molecule has 0 bridgehead atoms. The molecule has 6 amide bonds. The van der Waals surface area contributed by atoms with Crippen LogP contribution in [-0.4, -0.2) is 170 Å². The molecule has 4 aliphatic rings. The number of carbonyl (C=O) groups excluding carboxylic acids is 6. The second kappa shape index (κ2) is 40.8. The normalized spacial score (nSPS) is 15.8. The highest BCUT2D eigenvalue weighted by atomic mass is 35.5. The largest absolute Gasteiger partial charge is 0.491 e. The predicted octanol–water partition coefficient (Wildman–Crippen LogP) is 18.2. The number of H-pyrrole nitrogens is 3. The number of aliphatic hydroxyl groups is 3. The average molecular weight is 1820 g/mol. The van der Waals surface area contributed by atoms with Crippen LogP contribution in [0.4, 0.5) is 19.2 Å². The van der Waals surface area contributed by atoms with Crippen molar-refractivity contribution in [2.75, 3.05) is 65.7 Å². The summed E-state index contributed by atoms with van der Waals surface area (Å²) in [7, 11) is 0. The molecule has 6 unspecified atom stereocenters. The SMILES string of the molecule is CCOC(=O)NCC(O)COc1ccc(C2c3[nH]c4ccc(Cl)cc4c3CCN2C(=O)Oc2ccc(Cl)cc2)cc1.O=C(NCC(O)COc1ccc(C2c3[nH]c4ccc(Cl)cc4c3CCN2C(=O)Oc2ccc(Cl)cc2)cc1)C1CC1.O=C(NCC(O)COc1ccc(C2c3[nH]c4ccc(Cl)cc4c3CCN2C(=O)Oc2ccc(Cl)cc2)cc1)c1cccnc1. The van der Waals surface area contributed by atoms with E-state index >= 15 is 0 Å². The summed E-state index contributed by atoms with van der Waals surface area (Å²) in [5.74, 6) is 2.57. The van der Waals surface area contributed by atoms with E-state index in [0.717, 1.165) is 96.0 Å². The van der Waals surface area contributed by atoms with Crippen molar-refractivity contribution in [3.05, 3.63) is 311 Å². The summed E-state index contributed by atoms with van der Waals surface area (Å²) in [6.07, 6.45) is 2.03. The third kappa shape index (κ3) is 22.0. The van der Waals surface area contributed by atoms with Crippen LogP contribution in [0.15, 0.2) is 225 Å². The summed E-state index contributed by atoms with van der Waals surface area (Å²) < 4.78 is 39.2. The number of aromatic nitrogens is 4. The molecule has 650 valence electrons. The number of pyridine rings is 1. The summed E-state index contributed by atoms with van der Waals surface area (Å²) in [5, 5.41) is 45.3.